The number of carboxylic acid groups (broad SMARTS) is 1. The van der Waals surface area contributed by atoms with Crippen LogP contribution in [0.15, 0.2) is 18.2 Å². The molecule has 136 valence electrons. The number of nitrogens with one attached hydrogen (secondary N) is 1. The topological polar surface area (TPSA) is 116 Å². The summed E-state index contributed by atoms with van der Waals surface area (Å²) in [5.41, 5.74) is -0.128. The molecule has 0 saturated carbocycles. The van der Waals surface area contributed by atoms with Gasteiger partial charge in [-0.2, -0.15) is 0 Å². The number of likely N-dealkylation sites (N-methyl/N-ethyl adjacent to an activating group) is 1. The maximum absolute atomic E-state index is 12.2. The van der Waals surface area contributed by atoms with E-state index in [-0.39, 0.29) is 22.8 Å². The summed E-state index contributed by atoms with van der Waals surface area (Å²) in [7, 11) is 1.95. The molecule has 0 radical (unpaired) electrons. The molecule has 2 rings (SSSR count). The summed E-state index contributed by atoms with van der Waals surface area (Å²) in [6.07, 6.45) is -0.266. The summed E-state index contributed by atoms with van der Waals surface area (Å²) in [5.74, 6) is -1.64. The number of non-ortho nitro benzene ring substituents is 1. The highest BCUT2D eigenvalue weighted by Crippen LogP contribution is 2.27. The van der Waals surface area contributed by atoms with Crippen molar-refractivity contribution in [1.29, 1.82) is 0 Å². The van der Waals surface area contributed by atoms with Gasteiger partial charge >= 0.3 is 5.97 Å². The maximum atomic E-state index is 12.2. The first-order chi connectivity index (χ1) is 11.8. The molecule has 0 bridgehead atoms. The van der Waals surface area contributed by atoms with E-state index in [1.165, 1.54) is 12.1 Å². The molecule has 9 nitrogen and oxygen atoms in total. The molecule has 25 heavy (non-hydrogen) atoms. The number of amides is 1. The van der Waals surface area contributed by atoms with Gasteiger partial charge in [0, 0.05) is 38.3 Å². The number of benzene rings is 1. The van der Waals surface area contributed by atoms with Crippen molar-refractivity contribution in [2.24, 2.45) is 0 Å². The third-order valence-electron chi connectivity index (χ3n) is 4.08. The molecule has 1 atom stereocenters. The Morgan fingerprint density at radius 1 is 1.36 bits per heavy atom. The van der Waals surface area contributed by atoms with Crippen molar-refractivity contribution in [2.45, 2.75) is 12.5 Å². The van der Waals surface area contributed by atoms with Crippen LogP contribution >= 0.6 is 11.6 Å². The lowest BCUT2D eigenvalue weighted by Gasteiger charge is -2.35. The Bertz CT molecular complexity index is 676. The number of halogens is 1. The summed E-state index contributed by atoms with van der Waals surface area (Å²) >= 11 is 5.94. The molecule has 2 N–H and O–H groups in total. The van der Waals surface area contributed by atoms with Crippen LogP contribution in [-0.2, 0) is 9.59 Å². The molecule has 1 heterocycles. The van der Waals surface area contributed by atoms with Gasteiger partial charge in [0.1, 0.15) is 6.04 Å². The zero-order valence-corrected chi connectivity index (χ0v) is 14.4. The molecule has 1 amide bonds. The molecule has 1 aromatic rings. The van der Waals surface area contributed by atoms with E-state index in [0.717, 1.165) is 19.2 Å². The fourth-order valence-corrected chi connectivity index (χ4v) is 2.77. The number of carbonyl (C=O) groups is 2. The van der Waals surface area contributed by atoms with Crippen LogP contribution < -0.4 is 5.32 Å². The van der Waals surface area contributed by atoms with Gasteiger partial charge in [-0.25, -0.2) is 0 Å². The average Bonchev–Trinajstić information content (AvgIpc) is 2.55. The Labute approximate surface area is 149 Å². The van der Waals surface area contributed by atoms with Crippen molar-refractivity contribution in [1.82, 2.24) is 9.80 Å². The maximum Gasteiger partial charge on any atom is 0.321 e. The molecule has 0 aromatic heterocycles. The van der Waals surface area contributed by atoms with Gasteiger partial charge < -0.3 is 15.3 Å². The predicted molar refractivity (Wildman–Crippen MR) is 91.8 cm³/mol. The number of hydrogen-bond acceptors (Lipinski definition) is 6. The number of piperazine rings is 1. The number of nitro groups is 1. The van der Waals surface area contributed by atoms with E-state index in [2.05, 4.69) is 10.2 Å². The van der Waals surface area contributed by atoms with Crippen molar-refractivity contribution < 1.29 is 19.6 Å². The summed E-state index contributed by atoms with van der Waals surface area (Å²) in [4.78, 5) is 37.8. The standard InChI is InChI=1S/C15H19ClN4O5/c1-18-4-6-19(7-5-18)13(15(22)23)9-14(21)17-12-8-10(20(24)25)2-3-11(12)16/h2-3,8,13H,4-7,9H2,1H3,(H,17,21)(H,22,23). The van der Waals surface area contributed by atoms with Crippen LogP contribution in [0.1, 0.15) is 6.42 Å². The van der Waals surface area contributed by atoms with E-state index in [1.54, 1.807) is 4.90 Å². The average molecular weight is 371 g/mol. The number of anilines is 1. The Hall–Kier alpha value is -2.23. The Kier molecular flexibility index (Phi) is 6.29. The van der Waals surface area contributed by atoms with Gasteiger partial charge in [0.25, 0.3) is 5.69 Å². The van der Waals surface area contributed by atoms with E-state index in [4.69, 9.17) is 11.6 Å². The van der Waals surface area contributed by atoms with Crippen LogP contribution in [-0.4, -0.2) is 71.0 Å². The summed E-state index contributed by atoms with van der Waals surface area (Å²) in [6.45, 7) is 2.56. The molecule has 10 heteroatoms. The van der Waals surface area contributed by atoms with Gasteiger partial charge in [-0.3, -0.25) is 24.6 Å². The van der Waals surface area contributed by atoms with Gasteiger partial charge in [0.05, 0.1) is 22.1 Å². The van der Waals surface area contributed by atoms with Crippen molar-refractivity contribution >= 4 is 34.9 Å². The van der Waals surface area contributed by atoms with E-state index >= 15 is 0 Å². The van der Waals surface area contributed by atoms with Crippen molar-refractivity contribution in [2.75, 3.05) is 38.5 Å². The normalized spacial score (nSPS) is 17.0. The largest absolute Gasteiger partial charge is 0.480 e. The molecule has 0 aliphatic carbocycles. The second-order valence-electron chi connectivity index (χ2n) is 5.87. The van der Waals surface area contributed by atoms with Gasteiger partial charge in [0.2, 0.25) is 5.91 Å². The summed E-state index contributed by atoms with van der Waals surface area (Å²) < 4.78 is 0. The highest BCUT2D eigenvalue weighted by atomic mass is 35.5. The number of rotatable bonds is 6. The fourth-order valence-electron chi connectivity index (χ4n) is 2.61. The minimum absolute atomic E-state index is 0.0865. The van der Waals surface area contributed by atoms with E-state index in [0.29, 0.717) is 13.1 Å². The zero-order chi connectivity index (χ0) is 18.6. The van der Waals surface area contributed by atoms with Crippen LogP contribution in [0.3, 0.4) is 0 Å². The second kappa shape index (κ2) is 8.24. The lowest BCUT2D eigenvalue weighted by atomic mass is 10.1. The molecule has 1 aliphatic rings. The predicted octanol–water partition coefficient (Wildman–Crippen LogP) is 1.28. The SMILES string of the molecule is CN1CCN(C(CC(=O)Nc2cc([N+](=O)[O-])ccc2Cl)C(=O)O)CC1. The third kappa shape index (κ3) is 5.12. The molecular formula is C15H19ClN4O5. The minimum atomic E-state index is -1.08. The molecule has 1 unspecified atom stereocenters. The van der Waals surface area contributed by atoms with Crippen LogP contribution in [0.5, 0.6) is 0 Å². The highest BCUT2D eigenvalue weighted by molar-refractivity contribution is 6.33. The number of carbonyl (C=O) groups excluding carboxylic acids is 1. The van der Waals surface area contributed by atoms with Crippen molar-refractivity contribution in [3.63, 3.8) is 0 Å². The lowest BCUT2D eigenvalue weighted by Crippen LogP contribution is -2.52. The van der Waals surface area contributed by atoms with Crippen molar-refractivity contribution in [3.8, 4) is 0 Å². The van der Waals surface area contributed by atoms with Crippen molar-refractivity contribution in [3.05, 3.63) is 33.3 Å². The molecule has 0 spiro atoms. The monoisotopic (exact) mass is 370 g/mol. The van der Waals surface area contributed by atoms with Gasteiger partial charge in [-0.05, 0) is 13.1 Å². The summed E-state index contributed by atoms with van der Waals surface area (Å²) in [6, 6.07) is 2.73. The first-order valence-electron chi connectivity index (χ1n) is 7.67. The molecule has 1 aromatic carbocycles. The van der Waals surface area contributed by atoms with Crippen LogP contribution in [0.25, 0.3) is 0 Å². The Morgan fingerprint density at radius 3 is 2.56 bits per heavy atom. The molecule has 1 fully saturated rings. The lowest BCUT2D eigenvalue weighted by molar-refractivity contribution is -0.384. The van der Waals surface area contributed by atoms with E-state index < -0.39 is 22.8 Å². The van der Waals surface area contributed by atoms with Crippen LogP contribution in [0, 0.1) is 10.1 Å². The smallest absolute Gasteiger partial charge is 0.321 e. The first kappa shape index (κ1) is 19.1. The quantitative estimate of drug-likeness (QED) is 0.572. The Morgan fingerprint density at radius 2 is 2.00 bits per heavy atom. The van der Waals surface area contributed by atoms with E-state index in [9.17, 15) is 24.8 Å². The van der Waals surface area contributed by atoms with Gasteiger partial charge in [0.15, 0.2) is 0 Å². The number of nitrogens with zero attached hydrogens (tertiary/aromatic N) is 3. The second-order valence-corrected chi connectivity index (χ2v) is 6.27. The first-order valence-corrected chi connectivity index (χ1v) is 8.05. The summed E-state index contributed by atoms with van der Waals surface area (Å²) in [5, 5.41) is 22.8. The molecule has 1 aliphatic heterocycles. The molecule has 1 saturated heterocycles. The third-order valence-corrected chi connectivity index (χ3v) is 4.41. The number of nitro benzene ring substituents is 1. The zero-order valence-electron chi connectivity index (χ0n) is 13.6. The van der Waals surface area contributed by atoms with E-state index in [1.807, 2.05) is 7.05 Å². The van der Waals surface area contributed by atoms with Crippen LogP contribution in [0.2, 0.25) is 5.02 Å². The number of carboxylic acids is 1. The number of aliphatic carboxylic acids is 1. The Balaban J connectivity index is 2.05. The number of hydrogen-bond donors (Lipinski definition) is 2. The molecular weight excluding hydrogens is 352 g/mol. The van der Waals surface area contributed by atoms with Gasteiger partial charge in [-0.15, -0.1) is 0 Å². The van der Waals surface area contributed by atoms with Crippen LogP contribution in [0.4, 0.5) is 11.4 Å². The van der Waals surface area contributed by atoms with Gasteiger partial charge in [-0.1, -0.05) is 11.6 Å². The highest BCUT2D eigenvalue weighted by Gasteiger charge is 2.30. The fraction of sp³-hybridized carbons (Fsp3) is 0.467. The minimum Gasteiger partial charge on any atom is -0.480 e.